The fourth-order valence-electron chi connectivity index (χ4n) is 3.12. The van der Waals surface area contributed by atoms with Gasteiger partial charge in [-0.3, -0.25) is 4.98 Å². The summed E-state index contributed by atoms with van der Waals surface area (Å²) in [5, 5.41) is 10.5. The average Bonchev–Trinajstić information content (AvgIpc) is 2.48. The minimum atomic E-state index is -0.512. The van der Waals surface area contributed by atoms with Crippen LogP contribution in [0.25, 0.3) is 0 Å². The van der Waals surface area contributed by atoms with E-state index in [4.69, 9.17) is 0 Å². The third kappa shape index (κ3) is 2.79. The molecule has 1 aliphatic rings. The second kappa shape index (κ2) is 6.06. The molecule has 0 bridgehead atoms. The number of aliphatic hydroxyl groups excluding tert-OH is 1. The molecule has 0 aliphatic heterocycles. The molecule has 3 heteroatoms. The van der Waals surface area contributed by atoms with Gasteiger partial charge in [-0.25, -0.2) is 0 Å². The van der Waals surface area contributed by atoms with Crippen molar-refractivity contribution in [2.24, 2.45) is 0 Å². The smallest absolute Gasteiger partial charge is 0.0977 e. The van der Waals surface area contributed by atoms with Gasteiger partial charge in [0.25, 0.3) is 0 Å². The Morgan fingerprint density at radius 3 is 2.95 bits per heavy atom. The molecule has 0 saturated carbocycles. The number of benzene rings is 1. The number of fused-ring (bicyclic) bond motifs is 1. The number of halogens is 1. The normalized spacial score (nSPS) is 19.4. The Bertz CT molecular complexity index is 599. The zero-order valence-electron chi connectivity index (χ0n) is 11.3. The summed E-state index contributed by atoms with van der Waals surface area (Å²) in [7, 11) is 0. The summed E-state index contributed by atoms with van der Waals surface area (Å²) >= 11 is 3.47. The number of nitrogens with zero attached hydrogens (tertiary/aromatic N) is 1. The van der Waals surface area contributed by atoms with Crippen LogP contribution in [0.15, 0.2) is 47.1 Å². The number of pyridine rings is 1. The van der Waals surface area contributed by atoms with E-state index in [2.05, 4.69) is 45.2 Å². The van der Waals surface area contributed by atoms with Crippen molar-refractivity contribution in [2.45, 2.75) is 37.7 Å². The SMILES string of the molecule is OC(CC1CCCc2ccccc21)c1ncccc1Br. The molecule has 2 unspecified atom stereocenters. The van der Waals surface area contributed by atoms with Crippen LogP contribution in [0.4, 0.5) is 0 Å². The molecule has 0 saturated heterocycles. The van der Waals surface area contributed by atoms with E-state index < -0.39 is 6.10 Å². The summed E-state index contributed by atoms with van der Waals surface area (Å²) in [5.74, 6) is 0.434. The fourth-order valence-corrected chi connectivity index (χ4v) is 3.64. The van der Waals surface area contributed by atoms with Crippen LogP contribution in [0.2, 0.25) is 0 Å². The first-order valence-electron chi connectivity index (χ1n) is 7.12. The van der Waals surface area contributed by atoms with Crippen molar-refractivity contribution in [3.8, 4) is 0 Å². The van der Waals surface area contributed by atoms with Crippen molar-refractivity contribution in [1.29, 1.82) is 0 Å². The largest absolute Gasteiger partial charge is 0.387 e. The highest BCUT2D eigenvalue weighted by Gasteiger charge is 2.24. The van der Waals surface area contributed by atoms with Gasteiger partial charge in [0.1, 0.15) is 0 Å². The van der Waals surface area contributed by atoms with E-state index in [9.17, 15) is 5.11 Å². The Balaban J connectivity index is 1.81. The van der Waals surface area contributed by atoms with E-state index in [0.29, 0.717) is 5.92 Å². The molecule has 0 fully saturated rings. The maximum atomic E-state index is 10.5. The Hall–Kier alpha value is -1.19. The van der Waals surface area contributed by atoms with Gasteiger partial charge in [0.15, 0.2) is 0 Å². The molecule has 2 nitrogen and oxygen atoms in total. The minimum absolute atomic E-state index is 0.434. The highest BCUT2D eigenvalue weighted by Crippen LogP contribution is 2.38. The highest BCUT2D eigenvalue weighted by atomic mass is 79.9. The van der Waals surface area contributed by atoms with Gasteiger partial charge >= 0.3 is 0 Å². The van der Waals surface area contributed by atoms with Gasteiger partial charge in [0.2, 0.25) is 0 Å². The summed E-state index contributed by atoms with van der Waals surface area (Å²) < 4.78 is 0.886. The van der Waals surface area contributed by atoms with Crippen molar-refractivity contribution in [3.63, 3.8) is 0 Å². The topological polar surface area (TPSA) is 33.1 Å². The van der Waals surface area contributed by atoms with E-state index in [0.717, 1.165) is 29.4 Å². The van der Waals surface area contributed by atoms with Crippen LogP contribution >= 0.6 is 15.9 Å². The molecular formula is C17H18BrNO. The first-order chi connectivity index (χ1) is 9.75. The van der Waals surface area contributed by atoms with Crippen molar-refractivity contribution in [1.82, 2.24) is 4.98 Å². The molecule has 2 aromatic rings. The van der Waals surface area contributed by atoms with E-state index in [-0.39, 0.29) is 0 Å². The number of hydrogen-bond acceptors (Lipinski definition) is 2. The van der Waals surface area contributed by atoms with Crippen LogP contribution in [-0.4, -0.2) is 10.1 Å². The van der Waals surface area contributed by atoms with Gasteiger partial charge < -0.3 is 5.11 Å². The highest BCUT2D eigenvalue weighted by molar-refractivity contribution is 9.10. The molecule has 1 aromatic heterocycles. The van der Waals surface area contributed by atoms with Crippen LogP contribution in [0.3, 0.4) is 0 Å². The lowest BCUT2D eigenvalue weighted by molar-refractivity contribution is 0.149. The third-order valence-corrected chi connectivity index (χ3v) is 4.77. The fraction of sp³-hybridized carbons (Fsp3) is 0.353. The van der Waals surface area contributed by atoms with Crippen LogP contribution in [0.1, 0.15) is 48.1 Å². The molecule has 1 aromatic carbocycles. The van der Waals surface area contributed by atoms with Crippen molar-refractivity contribution in [3.05, 3.63) is 63.9 Å². The lowest BCUT2D eigenvalue weighted by atomic mass is 9.79. The molecule has 3 rings (SSSR count). The van der Waals surface area contributed by atoms with Crippen LogP contribution in [0.5, 0.6) is 0 Å². The molecule has 0 spiro atoms. The summed E-state index contributed by atoms with van der Waals surface area (Å²) in [6.45, 7) is 0. The maximum Gasteiger partial charge on any atom is 0.0977 e. The lowest BCUT2D eigenvalue weighted by Crippen LogP contribution is -2.14. The van der Waals surface area contributed by atoms with E-state index >= 15 is 0 Å². The monoisotopic (exact) mass is 331 g/mol. The predicted molar refractivity (Wildman–Crippen MR) is 83.6 cm³/mol. The van der Waals surface area contributed by atoms with Crippen molar-refractivity contribution >= 4 is 15.9 Å². The van der Waals surface area contributed by atoms with Gasteiger partial charge in [0, 0.05) is 10.7 Å². The molecule has 1 N–H and O–H groups in total. The van der Waals surface area contributed by atoms with Gasteiger partial charge in [0.05, 0.1) is 11.8 Å². The molecule has 1 aliphatic carbocycles. The molecule has 0 amide bonds. The quantitative estimate of drug-likeness (QED) is 0.904. The van der Waals surface area contributed by atoms with E-state index in [1.807, 2.05) is 12.1 Å². The Morgan fingerprint density at radius 1 is 1.25 bits per heavy atom. The minimum Gasteiger partial charge on any atom is -0.387 e. The van der Waals surface area contributed by atoms with Crippen LogP contribution in [-0.2, 0) is 6.42 Å². The summed E-state index contributed by atoms with van der Waals surface area (Å²) in [6, 6.07) is 12.4. The number of aromatic nitrogens is 1. The summed E-state index contributed by atoms with van der Waals surface area (Å²) in [4.78, 5) is 4.30. The summed E-state index contributed by atoms with van der Waals surface area (Å²) in [6.07, 6.45) is 5.48. The van der Waals surface area contributed by atoms with Gasteiger partial charge in [-0.2, -0.15) is 0 Å². The van der Waals surface area contributed by atoms with Gasteiger partial charge in [-0.15, -0.1) is 0 Å². The number of hydrogen-bond donors (Lipinski definition) is 1. The van der Waals surface area contributed by atoms with Crippen LogP contribution < -0.4 is 0 Å². The maximum absolute atomic E-state index is 10.5. The number of rotatable bonds is 3. The molecule has 2 atom stereocenters. The lowest BCUT2D eigenvalue weighted by Gasteiger charge is -2.27. The average molecular weight is 332 g/mol. The summed E-state index contributed by atoms with van der Waals surface area (Å²) in [5.41, 5.74) is 3.59. The zero-order chi connectivity index (χ0) is 13.9. The number of aliphatic hydroxyl groups is 1. The second-order valence-corrected chi connectivity index (χ2v) is 6.26. The Morgan fingerprint density at radius 2 is 2.10 bits per heavy atom. The van der Waals surface area contributed by atoms with E-state index in [1.165, 1.54) is 17.5 Å². The van der Waals surface area contributed by atoms with Gasteiger partial charge in [-0.1, -0.05) is 24.3 Å². The van der Waals surface area contributed by atoms with Crippen molar-refractivity contribution in [2.75, 3.05) is 0 Å². The standard InChI is InChI=1S/C17H18BrNO/c18-15-9-4-10-19-17(15)16(20)11-13-7-3-6-12-5-1-2-8-14(12)13/h1-2,4-5,8-10,13,16,20H,3,6-7,11H2. The Labute approximate surface area is 128 Å². The van der Waals surface area contributed by atoms with Crippen molar-refractivity contribution < 1.29 is 5.11 Å². The van der Waals surface area contributed by atoms with E-state index in [1.54, 1.807) is 6.20 Å². The Kier molecular flexibility index (Phi) is 4.18. The molecule has 0 radical (unpaired) electrons. The predicted octanol–water partition coefficient (Wildman–Crippen LogP) is 4.39. The molecule has 1 heterocycles. The molecule has 20 heavy (non-hydrogen) atoms. The van der Waals surface area contributed by atoms with Crippen LogP contribution in [0, 0.1) is 0 Å². The second-order valence-electron chi connectivity index (χ2n) is 5.41. The zero-order valence-corrected chi connectivity index (χ0v) is 12.9. The first kappa shape index (κ1) is 13.8. The molecular weight excluding hydrogens is 314 g/mol. The third-order valence-electron chi connectivity index (χ3n) is 4.10. The first-order valence-corrected chi connectivity index (χ1v) is 7.91. The number of aryl methyl sites for hydroxylation is 1. The molecule has 104 valence electrons. The van der Waals surface area contributed by atoms with Gasteiger partial charge in [-0.05, 0) is 70.8 Å².